The molecular formula is C14H28N4. The van der Waals surface area contributed by atoms with Gasteiger partial charge in [0.15, 0.2) is 0 Å². The van der Waals surface area contributed by atoms with Gasteiger partial charge in [-0.15, -0.1) is 0 Å². The number of aromatic nitrogens is 2. The van der Waals surface area contributed by atoms with E-state index in [2.05, 4.69) is 45.0 Å². The third kappa shape index (κ3) is 5.19. The van der Waals surface area contributed by atoms with Gasteiger partial charge in [0.2, 0.25) is 0 Å². The molecule has 4 heteroatoms. The Balaban J connectivity index is 2.49. The van der Waals surface area contributed by atoms with Gasteiger partial charge in [-0.05, 0) is 25.7 Å². The number of nitrogens with one attached hydrogen (secondary N) is 1. The van der Waals surface area contributed by atoms with Gasteiger partial charge in [0, 0.05) is 36.9 Å². The lowest BCUT2D eigenvalue weighted by molar-refractivity contribution is 0.239. The minimum Gasteiger partial charge on any atom is -0.323 e. The van der Waals surface area contributed by atoms with Gasteiger partial charge >= 0.3 is 0 Å². The van der Waals surface area contributed by atoms with Gasteiger partial charge in [-0.1, -0.05) is 20.8 Å². The molecule has 0 amide bonds. The molecule has 1 heterocycles. The Kier molecular flexibility index (Phi) is 4.56. The van der Waals surface area contributed by atoms with Gasteiger partial charge < -0.3 is 11.1 Å². The molecule has 0 saturated heterocycles. The second-order valence-electron chi connectivity index (χ2n) is 7.06. The number of hydrogen-bond acceptors (Lipinski definition) is 3. The molecule has 0 aliphatic heterocycles. The first-order chi connectivity index (χ1) is 8.09. The van der Waals surface area contributed by atoms with Crippen LogP contribution in [0.15, 0.2) is 12.4 Å². The van der Waals surface area contributed by atoms with Crippen LogP contribution < -0.4 is 11.1 Å². The minimum atomic E-state index is -0.00190. The van der Waals surface area contributed by atoms with Crippen LogP contribution in [-0.4, -0.2) is 21.9 Å². The molecule has 1 aromatic heterocycles. The van der Waals surface area contributed by atoms with Crippen molar-refractivity contribution in [1.29, 1.82) is 0 Å². The monoisotopic (exact) mass is 252 g/mol. The molecule has 0 radical (unpaired) electrons. The number of hydrogen-bond donors (Lipinski definition) is 2. The summed E-state index contributed by atoms with van der Waals surface area (Å²) in [5, 5.41) is 7.71. The van der Waals surface area contributed by atoms with Crippen molar-refractivity contribution in [3.05, 3.63) is 18.0 Å². The largest absolute Gasteiger partial charge is 0.323 e. The maximum Gasteiger partial charge on any atom is 0.0537 e. The van der Waals surface area contributed by atoms with Gasteiger partial charge in [-0.25, -0.2) is 0 Å². The van der Waals surface area contributed by atoms with E-state index in [0.29, 0.717) is 5.41 Å². The highest BCUT2D eigenvalue weighted by molar-refractivity contribution is 5.10. The average Bonchev–Trinajstić information content (AvgIpc) is 2.57. The summed E-state index contributed by atoms with van der Waals surface area (Å²) in [4.78, 5) is 0. The second-order valence-corrected chi connectivity index (χ2v) is 7.06. The van der Waals surface area contributed by atoms with E-state index >= 15 is 0 Å². The Bertz CT molecular complexity index is 373. The second kappa shape index (κ2) is 5.41. The summed E-state index contributed by atoms with van der Waals surface area (Å²) in [6.07, 6.45) is 4.92. The van der Waals surface area contributed by atoms with Crippen molar-refractivity contribution in [3.8, 4) is 0 Å². The molecule has 1 rings (SSSR count). The SMILES string of the molecule is Cn1cc(C(N)CNC(C)(C)CC(C)(C)C)cn1. The van der Waals surface area contributed by atoms with Gasteiger partial charge in [0.25, 0.3) is 0 Å². The molecule has 0 spiro atoms. The Morgan fingerprint density at radius 2 is 1.94 bits per heavy atom. The van der Waals surface area contributed by atoms with E-state index in [1.54, 1.807) is 4.68 Å². The summed E-state index contributed by atoms with van der Waals surface area (Å²) in [7, 11) is 1.91. The first-order valence-electron chi connectivity index (χ1n) is 6.58. The zero-order chi connectivity index (χ0) is 14.0. The molecule has 104 valence electrons. The predicted octanol–water partition coefficient (Wildman–Crippen LogP) is 2.22. The van der Waals surface area contributed by atoms with E-state index < -0.39 is 0 Å². The minimum absolute atomic E-state index is 0.00190. The summed E-state index contributed by atoms with van der Waals surface area (Å²) in [5.41, 5.74) is 7.65. The first kappa shape index (κ1) is 15.2. The molecular weight excluding hydrogens is 224 g/mol. The Morgan fingerprint density at radius 3 is 2.39 bits per heavy atom. The fraction of sp³-hybridized carbons (Fsp3) is 0.786. The summed E-state index contributed by atoms with van der Waals surface area (Å²) >= 11 is 0. The molecule has 0 aliphatic carbocycles. The smallest absolute Gasteiger partial charge is 0.0537 e. The van der Waals surface area contributed by atoms with Crippen LogP contribution in [0.5, 0.6) is 0 Å². The Morgan fingerprint density at radius 1 is 1.33 bits per heavy atom. The van der Waals surface area contributed by atoms with Crippen LogP contribution in [0.3, 0.4) is 0 Å². The predicted molar refractivity (Wildman–Crippen MR) is 76.3 cm³/mol. The molecule has 0 aromatic carbocycles. The topological polar surface area (TPSA) is 55.9 Å². The highest BCUT2D eigenvalue weighted by atomic mass is 15.2. The third-order valence-corrected chi connectivity index (χ3v) is 2.93. The van der Waals surface area contributed by atoms with Crippen LogP contribution in [0, 0.1) is 5.41 Å². The molecule has 4 nitrogen and oxygen atoms in total. The highest BCUT2D eigenvalue weighted by Gasteiger charge is 2.25. The van der Waals surface area contributed by atoms with E-state index in [9.17, 15) is 0 Å². The normalized spacial score (nSPS) is 14.8. The lowest BCUT2D eigenvalue weighted by atomic mass is 9.81. The zero-order valence-electron chi connectivity index (χ0n) is 12.6. The summed E-state index contributed by atoms with van der Waals surface area (Å²) in [6, 6.07) is -0.00190. The fourth-order valence-corrected chi connectivity index (χ4v) is 2.52. The molecule has 0 bridgehead atoms. The lowest BCUT2D eigenvalue weighted by Crippen LogP contribution is -2.45. The molecule has 0 aliphatic rings. The van der Waals surface area contributed by atoms with Gasteiger partial charge in [-0.3, -0.25) is 4.68 Å². The lowest BCUT2D eigenvalue weighted by Gasteiger charge is -2.34. The maximum absolute atomic E-state index is 6.16. The number of nitrogens with zero attached hydrogens (tertiary/aromatic N) is 2. The quantitative estimate of drug-likeness (QED) is 0.845. The van der Waals surface area contributed by atoms with Crippen LogP contribution >= 0.6 is 0 Å². The standard InChI is InChI=1S/C14H28N4/c1-13(2,3)10-14(4,5)16-8-12(15)11-7-17-18(6)9-11/h7,9,12,16H,8,10,15H2,1-6H3. The van der Waals surface area contributed by atoms with Crippen molar-refractivity contribution in [2.24, 2.45) is 18.2 Å². The van der Waals surface area contributed by atoms with Gasteiger partial charge in [0.1, 0.15) is 0 Å². The summed E-state index contributed by atoms with van der Waals surface area (Å²) in [5.74, 6) is 0. The average molecular weight is 252 g/mol. The van der Waals surface area contributed by atoms with Crippen LogP contribution in [0.4, 0.5) is 0 Å². The molecule has 1 unspecified atom stereocenters. The highest BCUT2D eigenvalue weighted by Crippen LogP contribution is 2.27. The van der Waals surface area contributed by atoms with Crippen LogP contribution in [0.1, 0.15) is 52.6 Å². The van der Waals surface area contributed by atoms with Crippen molar-refractivity contribution in [1.82, 2.24) is 15.1 Å². The third-order valence-electron chi connectivity index (χ3n) is 2.93. The number of rotatable bonds is 5. The summed E-state index contributed by atoms with van der Waals surface area (Å²) < 4.78 is 1.79. The van der Waals surface area contributed by atoms with Gasteiger partial charge in [-0.2, -0.15) is 5.10 Å². The Labute approximate surface area is 111 Å². The van der Waals surface area contributed by atoms with E-state index in [-0.39, 0.29) is 11.6 Å². The maximum atomic E-state index is 6.16. The van der Waals surface area contributed by atoms with Crippen molar-refractivity contribution in [2.45, 2.75) is 52.6 Å². The van der Waals surface area contributed by atoms with Crippen LogP contribution in [-0.2, 0) is 7.05 Å². The number of aryl methyl sites for hydroxylation is 1. The molecule has 0 saturated carbocycles. The van der Waals surface area contributed by atoms with Crippen molar-refractivity contribution < 1.29 is 0 Å². The number of nitrogens with two attached hydrogens (primary N) is 1. The van der Waals surface area contributed by atoms with Crippen LogP contribution in [0.25, 0.3) is 0 Å². The zero-order valence-corrected chi connectivity index (χ0v) is 12.6. The van der Waals surface area contributed by atoms with E-state index in [4.69, 9.17) is 5.73 Å². The van der Waals surface area contributed by atoms with Gasteiger partial charge in [0.05, 0.1) is 6.20 Å². The van der Waals surface area contributed by atoms with Crippen molar-refractivity contribution in [2.75, 3.05) is 6.54 Å². The van der Waals surface area contributed by atoms with E-state index in [1.165, 1.54) is 0 Å². The van der Waals surface area contributed by atoms with E-state index in [1.807, 2.05) is 19.4 Å². The molecule has 0 fully saturated rings. The first-order valence-corrected chi connectivity index (χ1v) is 6.58. The fourth-order valence-electron chi connectivity index (χ4n) is 2.52. The van der Waals surface area contributed by atoms with Crippen molar-refractivity contribution >= 4 is 0 Å². The summed E-state index contributed by atoms with van der Waals surface area (Å²) in [6.45, 7) is 12.0. The molecule has 1 aromatic rings. The molecule has 18 heavy (non-hydrogen) atoms. The Hall–Kier alpha value is -0.870. The van der Waals surface area contributed by atoms with Crippen molar-refractivity contribution in [3.63, 3.8) is 0 Å². The molecule has 3 N–H and O–H groups in total. The molecule has 1 atom stereocenters. The van der Waals surface area contributed by atoms with E-state index in [0.717, 1.165) is 18.5 Å². The van der Waals surface area contributed by atoms with Crippen LogP contribution in [0.2, 0.25) is 0 Å².